The maximum atomic E-state index is 15.2. The molecule has 4 saturated carbocycles. The Kier molecular flexibility index (Phi) is 19.0. The van der Waals surface area contributed by atoms with Gasteiger partial charge < -0.3 is 81.1 Å². The molecule has 4 amide bonds. The molecular weight excluding hydrogens is 1160 g/mol. The summed E-state index contributed by atoms with van der Waals surface area (Å²) < 4.78 is 25.3. The fourth-order valence-corrected chi connectivity index (χ4v) is 16.8. The first-order chi connectivity index (χ1) is 41.6. The first-order valence-electron chi connectivity index (χ1n) is 30.9. The summed E-state index contributed by atoms with van der Waals surface area (Å²) in [6.07, 6.45) is -12.8. The van der Waals surface area contributed by atoms with Crippen LogP contribution in [0.25, 0.3) is 0 Å². The predicted molar refractivity (Wildman–Crippen MR) is 314 cm³/mol. The molecular formula is C65H88N4O20. The lowest BCUT2D eigenvalue weighted by Crippen LogP contribution is -2.71. The number of aliphatic hydroxyl groups excluding tert-OH is 5. The van der Waals surface area contributed by atoms with E-state index in [0.717, 1.165) is 31.8 Å². The Morgan fingerprint density at radius 3 is 1.76 bits per heavy atom. The van der Waals surface area contributed by atoms with Crippen molar-refractivity contribution in [3.63, 3.8) is 0 Å². The highest BCUT2D eigenvalue weighted by atomic mass is 16.8. The van der Waals surface area contributed by atoms with Gasteiger partial charge in [0.2, 0.25) is 11.8 Å². The highest BCUT2D eigenvalue weighted by Gasteiger charge is 2.71. The molecule has 2 aliphatic heterocycles. The largest absolute Gasteiger partial charge is 0.481 e. The molecule has 6 fully saturated rings. The van der Waals surface area contributed by atoms with Crippen molar-refractivity contribution < 1.29 is 98.2 Å². The minimum atomic E-state index is -2.55. The summed E-state index contributed by atoms with van der Waals surface area (Å²) in [7, 11) is 0. The van der Waals surface area contributed by atoms with Gasteiger partial charge in [-0.1, -0.05) is 108 Å². The zero-order chi connectivity index (χ0) is 65.1. The van der Waals surface area contributed by atoms with Crippen LogP contribution in [0.1, 0.15) is 124 Å². The van der Waals surface area contributed by atoms with Crippen LogP contribution in [0.4, 0.5) is 0 Å². The van der Waals surface area contributed by atoms with E-state index in [1.165, 1.54) is 0 Å². The van der Waals surface area contributed by atoms with Crippen LogP contribution in [0.5, 0.6) is 0 Å². The number of hydrogen-bond acceptors (Lipinski definition) is 17. The van der Waals surface area contributed by atoms with Crippen molar-refractivity contribution in [1.29, 1.82) is 0 Å². The van der Waals surface area contributed by atoms with E-state index < -0.39 is 167 Å². The Labute approximate surface area is 516 Å². The van der Waals surface area contributed by atoms with E-state index in [0.29, 0.717) is 43.2 Å². The van der Waals surface area contributed by atoms with Gasteiger partial charge in [0.25, 0.3) is 11.8 Å². The van der Waals surface area contributed by atoms with Crippen molar-refractivity contribution in [2.24, 2.45) is 50.2 Å². The number of fused-ring (bicyclic) bond motifs is 7. The average Bonchev–Trinajstić information content (AvgIpc) is 0.676. The van der Waals surface area contributed by atoms with Crippen molar-refractivity contribution in [2.45, 2.75) is 205 Å². The summed E-state index contributed by atoms with van der Waals surface area (Å²) in [5, 5.41) is 97.6. The molecule has 24 nitrogen and oxygen atoms in total. The Morgan fingerprint density at radius 1 is 0.640 bits per heavy atom. The van der Waals surface area contributed by atoms with Crippen molar-refractivity contribution in [2.75, 3.05) is 13.1 Å². The summed E-state index contributed by atoms with van der Waals surface area (Å²) in [5.41, 5.74) is -3.82. The van der Waals surface area contributed by atoms with Gasteiger partial charge in [0.15, 0.2) is 30.1 Å². The summed E-state index contributed by atoms with van der Waals surface area (Å²) in [5.74, 6) is -8.56. The Hall–Kier alpha value is -6.22. The minimum Gasteiger partial charge on any atom is -0.481 e. The Morgan fingerprint density at radius 2 is 1.20 bits per heavy atom. The second kappa shape index (κ2) is 25.1. The zero-order valence-electron chi connectivity index (χ0n) is 51.7. The lowest BCUT2D eigenvalue weighted by Gasteiger charge is -2.70. The van der Waals surface area contributed by atoms with E-state index in [2.05, 4.69) is 49.0 Å². The zero-order valence-corrected chi connectivity index (χ0v) is 51.7. The second-order valence-electron chi connectivity index (χ2n) is 28.3. The van der Waals surface area contributed by atoms with Crippen LogP contribution in [0, 0.1) is 50.2 Å². The lowest BCUT2D eigenvalue weighted by molar-refractivity contribution is -0.379. The smallest absolute Gasteiger partial charge is 0.326 e. The molecule has 89 heavy (non-hydrogen) atoms. The van der Waals surface area contributed by atoms with Gasteiger partial charge in [-0.25, -0.2) is 9.59 Å². The van der Waals surface area contributed by atoms with E-state index in [1.54, 1.807) is 60.7 Å². The number of ketones is 1. The molecule has 0 radical (unpaired) electrons. The third kappa shape index (κ3) is 12.4. The minimum absolute atomic E-state index is 0.000507. The number of carboxylic acids is 3. The molecule has 2 aromatic rings. The number of nitrogens with one attached hydrogen (secondary N) is 4. The molecule has 21 atom stereocenters. The quantitative estimate of drug-likeness (QED) is 0.0898. The summed E-state index contributed by atoms with van der Waals surface area (Å²) >= 11 is 0. The maximum absolute atomic E-state index is 15.2. The fourth-order valence-electron chi connectivity index (χ4n) is 16.8. The molecule has 2 heterocycles. The average molecular weight is 1250 g/mol. The molecule has 24 heteroatoms. The number of rotatable bonds is 19. The van der Waals surface area contributed by atoms with Crippen LogP contribution >= 0.6 is 0 Å². The molecule has 0 bridgehead atoms. The van der Waals surface area contributed by atoms with Gasteiger partial charge in [0, 0.05) is 18.8 Å². The number of allylic oxidation sites excluding steroid dienone is 2. The number of benzene rings is 2. The van der Waals surface area contributed by atoms with Crippen molar-refractivity contribution in [3.05, 3.63) is 83.4 Å². The monoisotopic (exact) mass is 1240 g/mol. The van der Waals surface area contributed by atoms with Gasteiger partial charge in [0.05, 0.1) is 24.6 Å². The molecule has 12 N–H and O–H groups in total. The van der Waals surface area contributed by atoms with Crippen molar-refractivity contribution >= 4 is 47.3 Å². The van der Waals surface area contributed by atoms with E-state index in [1.807, 2.05) is 26.8 Å². The molecule has 488 valence electrons. The topological polar surface area (TPSA) is 383 Å². The molecule has 5 aliphatic carbocycles. The molecule has 2 saturated heterocycles. The van der Waals surface area contributed by atoms with Gasteiger partial charge in [-0.05, 0) is 128 Å². The van der Waals surface area contributed by atoms with Crippen molar-refractivity contribution in [3.8, 4) is 0 Å². The van der Waals surface area contributed by atoms with Crippen LogP contribution in [0.15, 0.2) is 72.3 Å². The molecule has 2 aromatic carbocycles. The molecule has 7 aliphatic rings. The molecule has 0 spiro atoms. The van der Waals surface area contributed by atoms with Gasteiger partial charge >= 0.3 is 17.9 Å². The standard InChI is InChI=1S/C65H88N4O20/c1-59(2)40-19-22-64(7)50(39(70)29-35-36-30-61(4,58(84)85)24-23-60(36,3)25-26-63(35,64)6)62(40,5)21-20-41(59)86-56-49(45(74)44(73)48(87-56)52(78)66-31-42(71)68-37(53(79)80)27-33-15-11-9-12-16-33)88-55-47(76)46(75)51(77)65(8,89-55)57(83)67-32-43(72)69-38(54(81)82)28-34-17-13-10-14-18-34/h9-18,29,36-38,40-41,44-51,55-56,73-77H,19-28,30-32H2,1-8H3,(H,66,78)(H,67,83)(H,68,71)(H,69,72)(H,79,80)(H,81,82)(H,84,85)/t36?,37-,38-,40?,41?,44-,45-,46+,47+,48-,49+,50?,51-,55+,56+,60+,61-,62-,63+,64+,65-/m0/s1. The number of carbonyl (C=O) groups is 8. The number of aliphatic hydroxyl groups is 5. The first-order valence-corrected chi connectivity index (χ1v) is 30.9. The van der Waals surface area contributed by atoms with E-state index in [4.69, 9.17) is 18.9 Å². The third-order valence-corrected chi connectivity index (χ3v) is 22.4. The molecule has 0 aromatic heterocycles. The maximum Gasteiger partial charge on any atom is 0.326 e. The molecule has 4 unspecified atom stereocenters. The summed E-state index contributed by atoms with van der Waals surface area (Å²) in [4.78, 5) is 107. The van der Waals surface area contributed by atoms with Crippen LogP contribution in [-0.2, 0) is 70.1 Å². The van der Waals surface area contributed by atoms with Crippen LogP contribution < -0.4 is 21.3 Å². The van der Waals surface area contributed by atoms with E-state index in [-0.39, 0.29) is 42.3 Å². The first kappa shape index (κ1) is 67.2. The number of carbonyl (C=O) groups excluding carboxylic acids is 5. The van der Waals surface area contributed by atoms with Gasteiger partial charge in [-0.3, -0.25) is 28.8 Å². The molecule has 9 rings (SSSR count). The number of aliphatic carboxylic acids is 3. The summed E-state index contributed by atoms with van der Waals surface area (Å²) in [6, 6.07) is 14.1. The van der Waals surface area contributed by atoms with Crippen molar-refractivity contribution in [1.82, 2.24) is 21.3 Å². The SMILES string of the molecule is CC1(C)C(O[C@@H]2O[C@H](C(=O)NCC(=O)N[C@@H](Cc3ccccc3)C(=O)O)[C@@H](O)[C@H](O)[C@H]2O[C@@H]2O[C@](C)(C(=O)NCC(=O)N[C@@H](Cc3ccccc3)C(=O)O)[C@@H](O)[C@H](O)[C@H]2O)CC[C@@]2(C)C1CC[C@]1(C)C2C(=O)C=C2C3C[C@@](C)(C(=O)O)CC[C@]3(C)CC[C@]21C. The highest BCUT2D eigenvalue weighted by Crippen LogP contribution is 2.75. The number of amides is 4. The number of carboxylic acid groups (broad SMARTS) is 3. The highest BCUT2D eigenvalue weighted by molar-refractivity contribution is 5.96. The number of ether oxygens (including phenoxy) is 4. The Balaban J connectivity index is 0.962. The van der Waals surface area contributed by atoms with Gasteiger partial charge in [0.1, 0.15) is 48.7 Å². The summed E-state index contributed by atoms with van der Waals surface area (Å²) in [6.45, 7) is 14.0. The van der Waals surface area contributed by atoms with Gasteiger partial charge in [-0.2, -0.15) is 0 Å². The van der Waals surface area contributed by atoms with Crippen LogP contribution in [0.3, 0.4) is 0 Å². The Bertz CT molecular complexity index is 3080. The lowest BCUT2D eigenvalue weighted by atomic mass is 9.33. The van der Waals surface area contributed by atoms with Gasteiger partial charge in [-0.15, -0.1) is 0 Å². The van der Waals surface area contributed by atoms with Crippen LogP contribution in [-0.4, -0.2) is 180 Å². The van der Waals surface area contributed by atoms with E-state index in [9.17, 15) is 74.4 Å². The second-order valence-corrected chi connectivity index (χ2v) is 28.3. The predicted octanol–water partition coefficient (Wildman–Crippen LogP) is 2.32. The third-order valence-electron chi connectivity index (χ3n) is 22.4. The van der Waals surface area contributed by atoms with E-state index >= 15 is 4.79 Å². The normalized spacial score (nSPS) is 39.5. The van der Waals surface area contributed by atoms with Crippen LogP contribution in [0.2, 0.25) is 0 Å². The number of hydrogen-bond donors (Lipinski definition) is 12. The fraction of sp³-hybridized carbons (Fsp3) is 0.662.